The molecule has 37 heavy (non-hydrogen) atoms. The molecule has 1 atom stereocenters. The number of carbonyl (C=O) groups is 2. The number of benzene rings is 3. The quantitative estimate of drug-likeness (QED) is 0.430. The van der Waals surface area contributed by atoms with Crippen molar-refractivity contribution in [1.29, 1.82) is 0 Å². The van der Waals surface area contributed by atoms with Crippen LogP contribution < -0.4 is 9.62 Å². The summed E-state index contributed by atoms with van der Waals surface area (Å²) in [5, 5.41) is 2.71. The molecular weight excluding hydrogens is 493 g/mol. The summed E-state index contributed by atoms with van der Waals surface area (Å²) in [6.45, 7) is 6.88. The third kappa shape index (κ3) is 6.54. The van der Waals surface area contributed by atoms with Gasteiger partial charge in [-0.3, -0.25) is 13.9 Å². The van der Waals surface area contributed by atoms with Gasteiger partial charge in [-0.25, -0.2) is 12.8 Å². The molecule has 196 valence electrons. The normalized spacial score (nSPS) is 12.0. The fourth-order valence-electron chi connectivity index (χ4n) is 3.93. The predicted molar refractivity (Wildman–Crippen MR) is 142 cm³/mol. The molecule has 0 saturated carbocycles. The molecule has 0 aromatic heterocycles. The predicted octanol–water partition coefficient (Wildman–Crippen LogP) is 4.19. The highest BCUT2D eigenvalue weighted by Gasteiger charge is 2.33. The Kier molecular flexibility index (Phi) is 9.04. The summed E-state index contributed by atoms with van der Waals surface area (Å²) >= 11 is 0. The van der Waals surface area contributed by atoms with E-state index in [1.165, 1.54) is 41.3 Å². The molecule has 0 saturated heterocycles. The van der Waals surface area contributed by atoms with Gasteiger partial charge < -0.3 is 10.2 Å². The number of sulfonamides is 1. The molecule has 3 aromatic carbocycles. The molecule has 0 aliphatic heterocycles. The lowest BCUT2D eigenvalue weighted by molar-refractivity contribution is -0.139. The van der Waals surface area contributed by atoms with Crippen LogP contribution in [0.4, 0.5) is 10.1 Å². The van der Waals surface area contributed by atoms with Crippen LogP contribution in [0, 0.1) is 19.7 Å². The average Bonchev–Trinajstić information content (AvgIpc) is 2.88. The monoisotopic (exact) mass is 525 g/mol. The van der Waals surface area contributed by atoms with Gasteiger partial charge in [0.25, 0.3) is 10.0 Å². The van der Waals surface area contributed by atoms with Crippen LogP contribution >= 0.6 is 0 Å². The minimum atomic E-state index is -4.12. The number of amides is 2. The number of likely N-dealkylation sites (N-methyl/N-ethyl adjacent to an activating group) is 1. The van der Waals surface area contributed by atoms with E-state index in [4.69, 9.17) is 0 Å². The Morgan fingerprint density at radius 2 is 1.59 bits per heavy atom. The van der Waals surface area contributed by atoms with Crippen molar-refractivity contribution >= 4 is 27.5 Å². The number of carbonyl (C=O) groups excluding carboxylic acids is 2. The van der Waals surface area contributed by atoms with Crippen molar-refractivity contribution in [1.82, 2.24) is 10.2 Å². The number of aryl methyl sites for hydroxylation is 1. The van der Waals surface area contributed by atoms with Crippen LogP contribution in [0.5, 0.6) is 0 Å². The van der Waals surface area contributed by atoms with Crippen molar-refractivity contribution in [2.24, 2.45) is 0 Å². The van der Waals surface area contributed by atoms with Gasteiger partial charge in [0.15, 0.2) is 0 Å². The summed E-state index contributed by atoms with van der Waals surface area (Å²) in [6, 6.07) is 17.9. The summed E-state index contributed by atoms with van der Waals surface area (Å²) in [7, 11) is -4.12. The smallest absolute Gasteiger partial charge is 0.264 e. The molecule has 1 N–H and O–H groups in total. The number of nitrogens with one attached hydrogen (secondary N) is 1. The SMILES string of the molecule is CCNC(=O)[C@@H](C)N(Cc1ccc(F)cc1)C(=O)CN(c1cccc(C)c1C)S(=O)(=O)c1ccccc1. The topological polar surface area (TPSA) is 86.8 Å². The standard InChI is InChI=1S/C28H32FN3O4S/c1-5-30-28(34)22(4)31(18-23-14-16-24(29)17-15-23)27(33)19-32(26-13-9-10-20(2)21(26)3)37(35,36)25-11-7-6-8-12-25/h6-17,22H,5,18-19H2,1-4H3,(H,30,34)/t22-/m1/s1. The van der Waals surface area contributed by atoms with Gasteiger partial charge in [0, 0.05) is 13.1 Å². The largest absolute Gasteiger partial charge is 0.355 e. The zero-order valence-electron chi connectivity index (χ0n) is 21.4. The first-order valence-electron chi connectivity index (χ1n) is 12.0. The minimum absolute atomic E-state index is 0.00341. The Hall–Kier alpha value is -3.72. The molecule has 0 fully saturated rings. The fourth-order valence-corrected chi connectivity index (χ4v) is 5.42. The number of hydrogen-bond acceptors (Lipinski definition) is 4. The number of rotatable bonds is 10. The van der Waals surface area contributed by atoms with Crippen molar-refractivity contribution < 1.29 is 22.4 Å². The molecule has 0 aliphatic carbocycles. The fraction of sp³-hybridized carbons (Fsp3) is 0.286. The molecule has 3 aromatic rings. The van der Waals surface area contributed by atoms with Gasteiger partial charge in [0.1, 0.15) is 18.4 Å². The zero-order valence-corrected chi connectivity index (χ0v) is 22.3. The van der Waals surface area contributed by atoms with Gasteiger partial charge in [0.05, 0.1) is 10.6 Å². The lowest BCUT2D eigenvalue weighted by Gasteiger charge is -2.32. The molecule has 2 amide bonds. The first kappa shape index (κ1) is 27.9. The molecule has 7 nitrogen and oxygen atoms in total. The maximum atomic E-state index is 13.8. The molecule has 0 spiro atoms. The van der Waals surface area contributed by atoms with Crippen LogP contribution in [0.25, 0.3) is 0 Å². The van der Waals surface area contributed by atoms with Gasteiger partial charge in [-0.2, -0.15) is 0 Å². The van der Waals surface area contributed by atoms with Crippen molar-refractivity contribution in [3.8, 4) is 0 Å². The summed E-state index contributed by atoms with van der Waals surface area (Å²) in [5.41, 5.74) is 2.58. The van der Waals surface area contributed by atoms with E-state index < -0.39 is 34.3 Å². The van der Waals surface area contributed by atoms with Gasteiger partial charge >= 0.3 is 0 Å². The highest BCUT2D eigenvalue weighted by Crippen LogP contribution is 2.29. The van der Waals surface area contributed by atoms with Gasteiger partial charge in [-0.15, -0.1) is 0 Å². The van der Waals surface area contributed by atoms with Crippen molar-refractivity contribution in [3.63, 3.8) is 0 Å². The van der Waals surface area contributed by atoms with E-state index in [-0.39, 0.29) is 17.3 Å². The molecule has 0 heterocycles. The van der Waals surface area contributed by atoms with Crippen LogP contribution in [0.2, 0.25) is 0 Å². The average molecular weight is 526 g/mol. The van der Waals surface area contributed by atoms with E-state index in [1.807, 2.05) is 13.0 Å². The Morgan fingerprint density at radius 1 is 0.946 bits per heavy atom. The second-order valence-electron chi connectivity index (χ2n) is 8.76. The molecule has 0 radical (unpaired) electrons. The maximum absolute atomic E-state index is 13.8. The molecule has 3 rings (SSSR count). The van der Waals surface area contributed by atoms with Crippen molar-refractivity contribution in [2.45, 2.75) is 45.2 Å². The highest BCUT2D eigenvalue weighted by atomic mass is 32.2. The zero-order chi connectivity index (χ0) is 27.2. The Bertz CT molecular complexity index is 1350. The third-order valence-electron chi connectivity index (χ3n) is 6.24. The maximum Gasteiger partial charge on any atom is 0.264 e. The van der Waals surface area contributed by atoms with Crippen molar-refractivity contribution in [3.05, 3.63) is 95.3 Å². The molecule has 9 heteroatoms. The summed E-state index contributed by atoms with van der Waals surface area (Å²) in [6.07, 6.45) is 0. The van der Waals surface area contributed by atoms with Gasteiger partial charge in [0.2, 0.25) is 11.8 Å². The van der Waals surface area contributed by atoms with E-state index >= 15 is 0 Å². The third-order valence-corrected chi connectivity index (χ3v) is 8.01. The van der Waals surface area contributed by atoms with Crippen molar-refractivity contribution in [2.75, 3.05) is 17.4 Å². The Morgan fingerprint density at radius 3 is 2.22 bits per heavy atom. The van der Waals surface area contributed by atoms with Crippen LogP contribution in [0.15, 0.2) is 77.7 Å². The van der Waals surface area contributed by atoms with Crippen LogP contribution in [0.3, 0.4) is 0 Å². The lowest BCUT2D eigenvalue weighted by atomic mass is 10.1. The molecule has 0 unspecified atom stereocenters. The summed E-state index contributed by atoms with van der Waals surface area (Å²) in [5.74, 6) is -1.36. The number of nitrogens with zero attached hydrogens (tertiary/aromatic N) is 2. The second-order valence-corrected chi connectivity index (χ2v) is 10.6. The number of halogens is 1. The number of hydrogen-bond donors (Lipinski definition) is 1. The Labute approximate surface area is 218 Å². The summed E-state index contributed by atoms with van der Waals surface area (Å²) < 4.78 is 42.1. The van der Waals surface area contributed by atoms with E-state index in [9.17, 15) is 22.4 Å². The van der Waals surface area contributed by atoms with E-state index in [2.05, 4.69) is 5.32 Å². The molecule has 0 bridgehead atoms. The van der Waals surface area contributed by atoms with E-state index in [1.54, 1.807) is 51.1 Å². The van der Waals surface area contributed by atoms with E-state index in [0.29, 0.717) is 17.8 Å². The lowest BCUT2D eigenvalue weighted by Crippen LogP contribution is -2.51. The summed E-state index contributed by atoms with van der Waals surface area (Å²) in [4.78, 5) is 27.9. The van der Waals surface area contributed by atoms with Crippen LogP contribution in [0.1, 0.15) is 30.5 Å². The van der Waals surface area contributed by atoms with E-state index in [0.717, 1.165) is 15.4 Å². The number of anilines is 1. The van der Waals surface area contributed by atoms with Crippen LogP contribution in [-0.4, -0.2) is 44.3 Å². The minimum Gasteiger partial charge on any atom is -0.355 e. The van der Waals surface area contributed by atoms with Crippen LogP contribution in [-0.2, 0) is 26.2 Å². The van der Waals surface area contributed by atoms with Gasteiger partial charge in [-0.1, -0.05) is 42.5 Å². The molecule has 0 aliphatic rings. The Balaban J connectivity index is 2.06. The van der Waals surface area contributed by atoms with Gasteiger partial charge in [-0.05, 0) is 74.7 Å². The first-order valence-corrected chi connectivity index (χ1v) is 13.5. The first-order chi connectivity index (χ1) is 17.6. The second kappa shape index (κ2) is 12.0. The highest BCUT2D eigenvalue weighted by molar-refractivity contribution is 7.92. The molecular formula is C28H32FN3O4S.